The first-order chi connectivity index (χ1) is 9.96. The summed E-state index contributed by atoms with van der Waals surface area (Å²) in [5.74, 6) is 0. The average molecular weight is 349 g/mol. The maximum atomic E-state index is 12.7. The normalized spacial score (nSPS) is 23.0. The van der Waals surface area contributed by atoms with E-state index in [-0.39, 0.29) is 24.5 Å². The van der Waals surface area contributed by atoms with Gasteiger partial charge in [-0.25, -0.2) is 8.42 Å². The van der Waals surface area contributed by atoms with Gasteiger partial charge in [-0.3, -0.25) is 0 Å². The van der Waals surface area contributed by atoms with Gasteiger partial charge < -0.3 is 10.1 Å². The van der Waals surface area contributed by atoms with Crippen molar-refractivity contribution in [3.05, 3.63) is 29.8 Å². The van der Waals surface area contributed by atoms with Crippen LogP contribution in [0.25, 0.3) is 0 Å². The lowest BCUT2D eigenvalue weighted by molar-refractivity contribution is 0.202. The molecule has 0 aliphatic carbocycles. The van der Waals surface area contributed by atoms with Crippen LogP contribution in [0.4, 0.5) is 0 Å². The van der Waals surface area contributed by atoms with Crippen molar-refractivity contribution in [1.29, 1.82) is 0 Å². The first-order valence-electron chi connectivity index (χ1n) is 7.30. The molecule has 1 aliphatic rings. The highest BCUT2D eigenvalue weighted by atomic mass is 35.5. The predicted octanol–water partition coefficient (Wildman–Crippen LogP) is 1.67. The molecule has 7 heteroatoms. The van der Waals surface area contributed by atoms with Gasteiger partial charge in [0.25, 0.3) is 0 Å². The summed E-state index contributed by atoms with van der Waals surface area (Å²) in [6.07, 6.45) is 0.790. The summed E-state index contributed by atoms with van der Waals surface area (Å²) < 4.78 is 32.1. The number of halogens is 1. The van der Waals surface area contributed by atoms with Gasteiger partial charge in [0.15, 0.2) is 0 Å². The van der Waals surface area contributed by atoms with E-state index in [1.165, 1.54) is 0 Å². The number of nitrogens with zero attached hydrogens (tertiary/aromatic N) is 1. The Bertz CT molecular complexity index is 563. The van der Waals surface area contributed by atoms with Crippen LogP contribution in [0.5, 0.6) is 0 Å². The van der Waals surface area contributed by atoms with Crippen LogP contribution < -0.4 is 5.32 Å². The Morgan fingerprint density at radius 2 is 1.91 bits per heavy atom. The Labute approximate surface area is 139 Å². The van der Waals surface area contributed by atoms with Crippen molar-refractivity contribution in [3.63, 3.8) is 0 Å². The van der Waals surface area contributed by atoms with Crippen LogP contribution in [0.3, 0.4) is 0 Å². The third-order valence-electron chi connectivity index (χ3n) is 4.10. The lowest BCUT2D eigenvalue weighted by Gasteiger charge is -2.37. The summed E-state index contributed by atoms with van der Waals surface area (Å²) in [6, 6.07) is 7.23. The van der Waals surface area contributed by atoms with Crippen molar-refractivity contribution in [2.75, 3.05) is 26.8 Å². The van der Waals surface area contributed by atoms with E-state index in [1.807, 2.05) is 26.0 Å². The topological polar surface area (TPSA) is 58.6 Å². The second kappa shape index (κ2) is 8.26. The lowest BCUT2D eigenvalue weighted by Crippen LogP contribution is -2.57. The zero-order valence-corrected chi connectivity index (χ0v) is 14.9. The highest BCUT2D eigenvalue weighted by Crippen LogP contribution is 2.21. The molecular formula is C15H25ClN2O3S. The molecule has 1 fully saturated rings. The quantitative estimate of drug-likeness (QED) is 0.879. The number of ether oxygens (including phenoxy) is 1. The number of hydrogen-bond donors (Lipinski definition) is 1. The van der Waals surface area contributed by atoms with Crippen LogP contribution in [-0.2, 0) is 21.2 Å². The monoisotopic (exact) mass is 348 g/mol. The van der Waals surface area contributed by atoms with Crippen molar-refractivity contribution < 1.29 is 13.2 Å². The first kappa shape index (κ1) is 19.4. The second-order valence-corrected chi connectivity index (χ2v) is 7.38. The molecule has 126 valence electrons. The standard InChI is InChI=1S/C15H24N2O3S.ClH/c1-12-13(2)17(10-9-16-12)21(18,19)15-6-4-14(5-7-15)8-11-20-3;/h4-7,12-13,16H,8-11H2,1-3H3;1H. The Balaban J connectivity index is 0.00000242. The molecular weight excluding hydrogens is 324 g/mol. The molecule has 0 saturated carbocycles. The van der Waals surface area contributed by atoms with Crippen LogP contribution in [0.2, 0.25) is 0 Å². The van der Waals surface area contributed by atoms with Crippen molar-refractivity contribution >= 4 is 22.4 Å². The van der Waals surface area contributed by atoms with E-state index >= 15 is 0 Å². The van der Waals surface area contributed by atoms with E-state index in [4.69, 9.17) is 4.74 Å². The molecule has 0 radical (unpaired) electrons. The molecule has 0 spiro atoms. The van der Waals surface area contributed by atoms with Gasteiger partial charge in [-0.15, -0.1) is 12.4 Å². The number of piperazine rings is 1. The molecule has 22 heavy (non-hydrogen) atoms. The van der Waals surface area contributed by atoms with E-state index < -0.39 is 10.0 Å². The molecule has 1 saturated heterocycles. The number of nitrogens with one attached hydrogen (secondary N) is 1. The SMILES string of the molecule is COCCc1ccc(S(=O)(=O)N2CCNC(C)C2C)cc1.Cl. The Hall–Kier alpha value is -0.660. The molecule has 0 bridgehead atoms. The molecule has 5 nitrogen and oxygen atoms in total. The fourth-order valence-electron chi connectivity index (χ4n) is 2.55. The molecule has 2 atom stereocenters. The van der Waals surface area contributed by atoms with Crippen molar-refractivity contribution in [1.82, 2.24) is 9.62 Å². The third-order valence-corrected chi connectivity index (χ3v) is 6.10. The largest absolute Gasteiger partial charge is 0.384 e. The van der Waals surface area contributed by atoms with E-state index in [2.05, 4.69) is 5.32 Å². The summed E-state index contributed by atoms with van der Waals surface area (Å²) in [6.45, 7) is 5.80. The minimum absolute atomic E-state index is 0. The van der Waals surface area contributed by atoms with Crippen LogP contribution in [0, 0.1) is 0 Å². The summed E-state index contributed by atoms with van der Waals surface area (Å²) in [5.41, 5.74) is 1.08. The van der Waals surface area contributed by atoms with E-state index in [0.29, 0.717) is 24.6 Å². The Morgan fingerprint density at radius 3 is 2.50 bits per heavy atom. The maximum Gasteiger partial charge on any atom is 0.243 e. The van der Waals surface area contributed by atoms with Crippen molar-refractivity contribution in [2.45, 2.75) is 37.2 Å². The predicted molar refractivity (Wildman–Crippen MR) is 90.1 cm³/mol. The van der Waals surface area contributed by atoms with E-state index in [1.54, 1.807) is 23.5 Å². The summed E-state index contributed by atoms with van der Waals surface area (Å²) in [7, 11) is -1.76. The van der Waals surface area contributed by atoms with Gasteiger partial charge in [0, 0.05) is 32.3 Å². The molecule has 1 aromatic carbocycles. The second-order valence-electron chi connectivity index (χ2n) is 5.49. The van der Waals surface area contributed by atoms with E-state index in [9.17, 15) is 8.42 Å². The molecule has 1 aliphatic heterocycles. The molecule has 2 rings (SSSR count). The number of methoxy groups -OCH3 is 1. The highest BCUT2D eigenvalue weighted by molar-refractivity contribution is 7.89. The van der Waals surface area contributed by atoms with E-state index in [0.717, 1.165) is 12.0 Å². The smallest absolute Gasteiger partial charge is 0.243 e. The summed E-state index contributed by atoms with van der Waals surface area (Å²) in [5, 5.41) is 3.30. The summed E-state index contributed by atoms with van der Waals surface area (Å²) in [4.78, 5) is 0.365. The minimum Gasteiger partial charge on any atom is -0.384 e. The molecule has 1 N–H and O–H groups in total. The molecule has 2 unspecified atom stereocenters. The van der Waals surface area contributed by atoms with Crippen LogP contribution >= 0.6 is 12.4 Å². The fraction of sp³-hybridized carbons (Fsp3) is 0.600. The van der Waals surface area contributed by atoms with Gasteiger partial charge in [0.1, 0.15) is 0 Å². The zero-order valence-electron chi connectivity index (χ0n) is 13.3. The first-order valence-corrected chi connectivity index (χ1v) is 8.74. The van der Waals surface area contributed by atoms with Crippen LogP contribution in [0.1, 0.15) is 19.4 Å². The number of hydrogen-bond acceptors (Lipinski definition) is 4. The zero-order chi connectivity index (χ0) is 15.5. The number of benzene rings is 1. The minimum atomic E-state index is -3.42. The lowest BCUT2D eigenvalue weighted by atomic mass is 10.1. The molecule has 0 amide bonds. The highest BCUT2D eigenvalue weighted by Gasteiger charge is 2.34. The van der Waals surface area contributed by atoms with Gasteiger partial charge in [-0.05, 0) is 38.0 Å². The van der Waals surface area contributed by atoms with Gasteiger partial charge in [-0.1, -0.05) is 12.1 Å². The summed E-state index contributed by atoms with van der Waals surface area (Å²) >= 11 is 0. The number of sulfonamides is 1. The molecule has 1 aromatic rings. The van der Waals surface area contributed by atoms with Crippen LogP contribution in [0.15, 0.2) is 29.2 Å². The third kappa shape index (κ3) is 4.20. The van der Waals surface area contributed by atoms with Gasteiger partial charge in [0.05, 0.1) is 11.5 Å². The fourth-order valence-corrected chi connectivity index (χ4v) is 4.25. The Morgan fingerprint density at radius 1 is 1.27 bits per heavy atom. The molecule has 0 aromatic heterocycles. The number of rotatable bonds is 5. The Kier molecular flexibility index (Phi) is 7.28. The van der Waals surface area contributed by atoms with Gasteiger partial charge in [-0.2, -0.15) is 4.31 Å². The maximum absolute atomic E-state index is 12.7. The average Bonchev–Trinajstić information content (AvgIpc) is 2.48. The van der Waals surface area contributed by atoms with Crippen LogP contribution in [-0.4, -0.2) is 51.6 Å². The van der Waals surface area contributed by atoms with Crippen molar-refractivity contribution in [2.24, 2.45) is 0 Å². The molecule has 1 heterocycles. The van der Waals surface area contributed by atoms with Crippen molar-refractivity contribution in [3.8, 4) is 0 Å². The van der Waals surface area contributed by atoms with Gasteiger partial charge >= 0.3 is 0 Å². The van der Waals surface area contributed by atoms with Gasteiger partial charge in [0.2, 0.25) is 10.0 Å².